The predicted octanol–water partition coefficient (Wildman–Crippen LogP) is 3.26. The number of rotatable bonds is 7. The predicted molar refractivity (Wildman–Crippen MR) is 103 cm³/mol. The van der Waals surface area contributed by atoms with Gasteiger partial charge in [-0.1, -0.05) is 36.0 Å². The summed E-state index contributed by atoms with van der Waals surface area (Å²) in [4.78, 5) is 24.0. The molecule has 8 nitrogen and oxygen atoms in total. The fraction of sp³-hybridized carbons (Fsp3) is 0.158. The van der Waals surface area contributed by atoms with Crippen molar-refractivity contribution >= 4 is 29.3 Å². The monoisotopic (exact) mass is 399 g/mol. The van der Waals surface area contributed by atoms with Crippen molar-refractivity contribution in [2.45, 2.75) is 5.22 Å². The van der Waals surface area contributed by atoms with Gasteiger partial charge in [0.2, 0.25) is 5.91 Å². The van der Waals surface area contributed by atoms with Crippen LogP contribution < -0.4 is 10.1 Å². The van der Waals surface area contributed by atoms with E-state index in [9.17, 15) is 9.59 Å². The Kier molecular flexibility index (Phi) is 6.28. The first kappa shape index (κ1) is 19.4. The second kappa shape index (κ2) is 9.05. The Hall–Kier alpha value is -3.33. The highest BCUT2D eigenvalue weighted by Gasteiger charge is 2.16. The zero-order valence-electron chi connectivity index (χ0n) is 15.2. The molecule has 3 aromatic rings. The number of nitrogens with zero attached hydrogens (tertiary/aromatic N) is 2. The number of thioether (sulfide) groups is 1. The molecule has 0 unspecified atom stereocenters. The minimum atomic E-state index is -0.526. The van der Waals surface area contributed by atoms with E-state index >= 15 is 0 Å². The largest absolute Gasteiger partial charge is 0.496 e. The van der Waals surface area contributed by atoms with Crippen molar-refractivity contribution in [1.29, 1.82) is 0 Å². The minimum absolute atomic E-state index is 0.0308. The van der Waals surface area contributed by atoms with Gasteiger partial charge in [-0.05, 0) is 24.3 Å². The number of esters is 1. The number of ether oxygens (including phenoxy) is 2. The van der Waals surface area contributed by atoms with Gasteiger partial charge in [0.1, 0.15) is 5.75 Å². The highest BCUT2D eigenvalue weighted by Crippen LogP contribution is 2.30. The summed E-state index contributed by atoms with van der Waals surface area (Å²) in [6, 6.07) is 13.9. The van der Waals surface area contributed by atoms with Gasteiger partial charge in [0, 0.05) is 0 Å². The summed E-state index contributed by atoms with van der Waals surface area (Å²) in [5, 5.41) is 10.9. The zero-order chi connectivity index (χ0) is 19.9. The van der Waals surface area contributed by atoms with Crippen molar-refractivity contribution in [2.24, 2.45) is 0 Å². The van der Waals surface area contributed by atoms with E-state index in [4.69, 9.17) is 13.9 Å². The average Bonchev–Trinajstić information content (AvgIpc) is 3.21. The molecule has 0 saturated heterocycles. The molecular weight excluding hydrogens is 382 g/mol. The molecule has 1 N–H and O–H groups in total. The number of hydrogen-bond acceptors (Lipinski definition) is 8. The second-order valence-corrected chi connectivity index (χ2v) is 6.37. The summed E-state index contributed by atoms with van der Waals surface area (Å²) in [6.07, 6.45) is 0. The van der Waals surface area contributed by atoms with Crippen LogP contribution in [0.15, 0.2) is 58.2 Å². The van der Waals surface area contributed by atoms with E-state index in [1.165, 1.54) is 7.11 Å². The number of carbonyl (C=O) groups is 2. The van der Waals surface area contributed by atoms with Gasteiger partial charge in [0.25, 0.3) is 11.1 Å². The molecule has 0 fully saturated rings. The first-order valence-corrected chi connectivity index (χ1v) is 9.18. The lowest BCUT2D eigenvalue weighted by Gasteiger charge is -2.08. The van der Waals surface area contributed by atoms with E-state index in [1.807, 2.05) is 12.1 Å². The molecule has 3 rings (SSSR count). The smallest absolute Gasteiger partial charge is 0.339 e. The molecule has 144 valence electrons. The van der Waals surface area contributed by atoms with Crippen molar-refractivity contribution < 1.29 is 23.5 Å². The summed E-state index contributed by atoms with van der Waals surface area (Å²) in [7, 11) is 2.84. The van der Waals surface area contributed by atoms with E-state index in [0.717, 1.165) is 11.8 Å². The Labute approximate surface area is 165 Å². The third-order valence-electron chi connectivity index (χ3n) is 3.68. The molecule has 28 heavy (non-hydrogen) atoms. The quantitative estimate of drug-likeness (QED) is 0.477. The Balaban J connectivity index is 1.63. The van der Waals surface area contributed by atoms with Gasteiger partial charge < -0.3 is 19.2 Å². The van der Waals surface area contributed by atoms with Crippen LogP contribution in [0, 0.1) is 0 Å². The van der Waals surface area contributed by atoms with Crippen LogP contribution in [0.25, 0.3) is 11.5 Å². The van der Waals surface area contributed by atoms with E-state index in [0.29, 0.717) is 22.9 Å². The van der Waals surface area contributed by atoms with Crippen LogP contribution in [0.4, 0.5) is 5.69 Å². The molecule has 0 aliphatic carbocycles. The van der Waals surface area contributed by atoms with Crippen molar-refractivity contribution in [2.75, 3.05) is 25.3 Å². The second-order valence-electron chi connectivity index (χ2n) is 5.45. The van der Waals surface area contributed by atoms with Gasteiger partial charge >= 0.3 is 5.97 Å². The van der Waals surface area contributed by atoms with E-state index in [2.05, 4.69) is 15.5 Å². The molecule has 2 aromatic carbocycles. The number of aromatic nitrogens is 2. The van der Waals surface area contributed by atoms with Gasteiger partial charge in [-0.15, -0.1) is 10.2 Å². The molecule has 1 heterocycles. The van der Waals surface area contributed by atoms with Crippen molar-refractivity contribution in [1.82, 2.24) is 10.2 Å². The lowest BCUT2D eigenvalue weighted by Crippen LogP contribution is -2.17. The molecule has 1 aromatic heterocycles. The molecule has 0 saturated carbocycles. The van der Waals surface area contributed by atoms with Crippen LogP contribution in [0.2, 0.25) is 0 Å². The molecule has 0 atom stereocenters. The summed E-state index contributed by atoms with van der Waals surface area (Å²) < 4.78 is 15.6. The maximum atomic E-state index is 12.2. The van der Waals surface area contributed by atoms with Crippen LogP contribution in [0.3, 0.4) is 0 Å². The zero-order valence-corrected chi connectivity index (χ0v) is 16.0. The number of amides is 1. The van der Waals surface area contributed by atoms with Gasteiger partial charge in [0.15, 0.2) is 0 Å². The number of carbonyl (C=O) groups excluding carboxylic acids is 2. The van der Waals surface area contributed by atoms with Gasteiger partial charge in [-0.2, -0.15) is 0 Å². The molecule has 0 bridgehead atoms. The number of nitrogens with one attached hydrogen (secondary N) is 1. The first-order chi connectivity index (χ1) is 13.6. The van der Waals surface area contributed by atoms with Crippen molar-refractivity contribution in [3.63, 3.8) is 0 Å². The minimum Gasteiger partial charge on any atom is -0.496 e. The fourth-order valence-corrected chi connectivity index (χ4v) is 2.96. The van der Waals surface area contributed by atoms with Crippen molar-refractivity contribution in [3.05, 3.63) is 54.1 Å². The maximum absolute atomic E-state index is 12.2. The number of anilines is 1. The number of benzene rings is 2. The lowest BCUT2D eigenvalue weighted by molar-refractivity contribution is -0.113. The maximum Gasteiger partial charge on any atom is 0.339 e. The van der Waals surface area contributed by atoms with Gasteiger partial charge in [-0.25, -0.2) is 4.79 Å². The Morgan fingerprint density at radius 2 is 1.82 bits per heavy atom. The molecule has 9 heteroatoms. The molecule has 0 aliphatic rings. The molecule has 0 aliphatic heterocycles. The Bertz CT molecular complexity index is 989. The summed E-state index contributed by atoms with van der Waals surface area (Å²) >= 11 is 1.09. The number of methoxy groups -OCH3 is 2. The fourth-order valence-electron chi connectivity index (χ4n) is 2.39. The first-order valence-electron chi connectivity index (χ1n) is 8.19. The lowest BCUT2D eigenvalue weighted by atomic mass is 10.2. The van der Waals surface area contributed by atoms with Gasteiger partial charge in [0.05, 0.1) is 36.8 Å². The number of para-hydroxylation sites is 2. The van der Waals surface area contributed by atoms with Crippen LogP contribution in [-0.2, 0) is 9.53 Å². The average molecular weight is 399 g/mol. The van der Waals surface area contributed by atoms with E-state index in [1.54, 1.807) is 43.5 Å². The molecule has 0 spiro atoms. The van der Waals surface area contributed by atoms with Gasteiger partial charge in [-0.3, -0.25) is 4.79 Å². The van der Waals surface area contributed by atoms with Crippen LogP contribution >= 0.6 is 11.8 Å². The molecule has 1 amide bonds. The third-order valence-corrected chi connectivity index (χ3v) is 4.50. The Morgan fingerprint density at radius 3 is 2.61 bits per heavy atom. The normalized spacial score (nSPS) is 10.4. The highest BCUT2D eigenvalue weighted by atomic mass is 32.2. The molecule has 0 radical (unpaired) electrons. The summed E-state index contributed by atoms with van der Waals surface area (Å²) in [5.74, 6) is 0.0971. The Morgan fingerprint density at radius 1 is 1.07 bits per heavy atom. The third kappa shape index (κ3) is 4.49. The number of hydrogen-bond donors (Lipinski definition) is 1. The SMILES string of the molecule is COC(=O)c1ccccc1NC(=O)CSc1nnc(-c2ccccc2OC)o1. The van der Waals surface area contributed by atoms with Crippen LogP contribution in [0.1, 0.15) is 10.4 Å². The molecular formula is C19H17N3O5S. The van der Waals surface area contributed by atoms with E-state index in [-0.39, 0.29) is 22.4 Å². The summed E-state index contributed by atoms with van der Waals surface area (Å²) in [5.41, 5.74) is 1.32. The van der Waals surface area contributed by atoms with Crippen LogP contribution in [-0.4, -0.2) is 42.0 Å². The van der Waals surface area contributed by atoms with Crippen molar-refractivity contribution in [3.8, 4) is 17.2 Å². The summed E-state index contributed by atoms with van der Waals surface area (Å²) in [6.45, 7) is 0. The van der Waals surface area contributed by atoms with Crippen LogP contribution in [0.5, 0.6) is 5.75 Å². The topological polar surface area (TPSA) is 104 Å². The standard InChI is InChI=1S/C19H17N3O5S/c1-25-15-10-6-4-8-13(15)17-21-22-19(27-17)28-11-16(23)20-14-9-5-3-7-12(14)18(24)26-2/h3-10H,11H2,1-2H3,(H,20,23). The van der Waals surface area contributed by atoms with E-state index < -0.39 is 5.97 Å². The highest BCUT2D eigenvalue weighted by molar-refractivity contribution is 7.99.